The molecular weight excluding hydrogens is 180 g/mol. The van der Waals surface area contributed by atoms with Crippen LogP contribution in [0.25, 0.3) is 0 Å². The molecule has 0 bridgehead atoms. The van der Waals surface area contributed by atoms with Crippen molar-refractivity contribution in [3.05, 3.63) is 17.5 Å². The van der Waals surface area contributed by atoms with E-state index in [9.17, 15) is 4.79 Å². The van der Waals surface area contributed by atoms with E-state index >= 15 is 0 Å². The lowest BCUT2D eigenvalue weighted by Gasteiger charge is -2.07. The summed E-state index contributed by atoms with van der Waals surface area (Å²) < 4.78 is 1.86. The number of aliphatic carboxylic acids is 1. The third kappa shape index (κ3) is 2.58. The Hall–Kier alpha value is -1.32. The number of carboxylic acids is 1. The van der Waals surface area contributed by atoms with Gasteiger partial charge in [-0.15, -0.1) is 0 Å². The number of rotatable bonds is 4. The van der Waals surface area contributed by atoms with Crippen molar-refractivity contribution in [2.24, 2.45) is 5.92 Å². The molecule has 0 atom stereocenters. The first-order valence-electron chi connectivity index (χ1n) is 4.73. The van der Waals surface area contributed by atoms with Gasteiger partial charge in [-0.2, -0.15) is 5.10 Å². The van der Waals surface area contributed by atoms with Crippen molar-refractivity contribution in [3.8, 4) is 0 Å². The van der Waals surface area contributed by atoms with Gasteiger partial charge in [-0.1, -0.05) is 13.8 Å². The highest BCUT2D eigenvalue weighted by molar-refractivity contribution is 5.70. The third-order valence-electron chi connectivity index (χ3n) is 2.08. The van der Waals surface area contributed by atoms with Gasteiger partial charge in [0.15, 0.2) is 0 Å². The smallest absolute Gasteiger partial charge is 0.307 e. The molecule has 1 heterocycles. The summed E-state index contributed by atoms with van der Waals surface area (Å²) in [5.74, 6) is -0.288. The summed E-state index contributed by atoms with van der Waals surface area (Å²) in [7, 11) is 0. The molecule has 1 rings (SSSR count). The number of carboxylic acid groups (broad SMARTS) is 1. The lowest BCUT2D eigenvalue weighted by atomic mass is 10.2. The molecule has 0 aliphatic heterocycles. The predicted molar refractivity (Wildman–Crippen MR) is 53.1 cm³/mol. The minimum atomic E-state index is -0.808. The standard InChI is InChI=1S/C10H16N2O2/c1-7(2)6-12-8(3)9(5-11-12)4-10(13)14/h5,7H,4,6H2,1-3H3,(H,13,14). The van der Waals surface area contributed by atoms with E-state index in [-0.39, 0.29) is 6.42 Å². The van der Waals surface area contributed by atoms with Crippen LogP contribution in [0.5, 0.6) is 0 Å². The quantitative estimate of drug-likeness (QED) is 0.793. The minimum Gasteiger partial charge on any atom is -0.481 e. The van der Waals surface area contributed by atoms with E-state index in [0.717, 1.165) is 17.8 Å². The van der Waals surface area contributed by atoms with Gasteiger partial charge in [0.25, 0.3) is 0 Å². The molecule has 0 aromatic carbocycles. The molecule has 1 aromatic heterocycles. The van der Waals surface area contributed by atoms with Gasteiger partial charge in [0.05, 0.1) is 12.6 Å². The monoisotopic (exact) mass is 196 g/mol. The maximum Gasteiger partial charge on any atom is 0.307 e. The van der Waals surface area contributed by atoms with Gasteiger partial charge in [0.2, 0.25) is 0 Å². The van der Waals surface area contributed by atoms with Gasteiger partial charge in [-0.05, 0) is 12.8 Å². The lowest BCUT2D eigenvalue weighted by molar-refractivity contribution is -0.136. The first-order valence-corrected chi connectivity index (χ1v) is 4.73. The van der Waals surface area contributed by atoms with Crippen LogP contribution >= 0.6 is 0 Å². The number of carbonyl (C=O) groups is 1. The molecule has 4 heteroatoms. The molecule has 1 aromatic rings. The summed E-state index contributed by atoms with van der Waals surface area (Å²) in [6.07, 6.45) is 1.70. The van der Waals surface area contributed by atoms with Crippen molar-refractivity contribution in [1.82, 2.24) is 9.78 Å². The normalized spacial score (nSPS) is 10.9. The molecule has 0 aliphatic rings. The average Bonchev–Trinajstić information content (AvgIpc) is 2.34. The van der Waals surface area contributed by atoms with Crippen LogP contribution in [-0.2, 0) is 17.8 Å². The minimum absolute atomic E-state index is 0.0595. The highest BCUT2D eigenvalue weighted by Gasteiger charge is 2.10. The van der Waals surface area contributed by atoms with Crippen molar-refractivity contribution in [2.75, 3.05) is 0 Å². The molecule has 0 amide bonds. The Labute approximate surface area is 83.5 Å². The summed E-state index contributed by atoms with van der Waals surface area (Å²) in [6.45, 7) is 6.97. The number of hydrogen-bond donors (Lipinski definition) is 1. The van der Waals surface area contributed by atoms with E-state index in [4.69, 9.17) is 5.11 Å². The van der Waals surface area contributed by atoms with Gasteiger partial charge in [-0.3, -0.25) is 9.48 Å². The Kier molecular flexibility index (Phi) is 3.28. The first kappa shape index (κ1) is 10.8. The highest BCUT2D eigenvalue weighted by Crippen LogP contribution is 2.10. The zero-order valence-electron chi connectivity index (χ0n) is 8.82. The van der Waals surface area contributed by atoms with Crippen LogP contribution in [0.4, 0.5) is 0 Å². The van der Waals surface area contributed by atoms with Crippen LogP contribution in [0, 0.1) is 12.8 Å². The second-order valence-corrected chi connectivity index (χ2v) is 3.90. The van der Waals surface area contributed by atoms with E-state index in [0.29, 0.717) is 5.92 Å². The van der Waals surface area contributed by atoms with Crippen molar-refractivity contribution in [1.29, 1.82) is 0 Å². The molecular formula is C10H16N2O2. The molecule has 14 heavy (non-hydrogen) atoms. The molecule has 0 spiro atoms. The van der Waals surface area contributed by atoms with Crippen LogP contribution in [0.2, 0.25) is 0 Å². The Morgan fingerprint density at radius 2 is 2.29 bits per heavy atom. The number of aromatic nitrogens is 2. The second-order valence-electron chi connectivity index (χ2n) is 3.90. The summed E-state index contributed by atoms with van der Waals surface area (Å²) in [5.41, 5.74) is 1.76. The maximum absolute atomic E-state index is 10.5. The number of hydrogen-bond acceptors (Lipinski definition) is 2. The van der Waals surface area contributed by atoms with Gasteiger partial charge < -0.3 is 5.11 Å². The fourth-order valence-electron chi connectivity index (χ4n) is 1.35. The van der Waals surface area contributed by atoms with Crippen molar-refractivity contribution >= 4 is 5.97 Å². The molecule has 0 saturated carbocycles. The van der Waals surface area contributed by atoms with Crippen LogP contribution in [0.15, 0.2) is 6.20 Å². The van der Waals surface area contributed by atoms with Crippen LogP contribution < -0.4 is 0 Å². The van der Waals surface area contributed by atoms with Crippen LogP contribution in [0.1, 0.15) is 25.1 Å². The molecule has 0 fully saturated rings. The summed E-state index contributed by atoms with van der Waals surface area (Å²) >= 11 is 0. The maximum atomic E-state index is 10.5. The Morgan fingerprint density at radius 1 is 1.64 bits per heavy atom. The second kappa shape index (κ2) is 4.26. The highest BCUT2D eigenvalue weighted by atomic mass is 16.4. The summed E-state index contributed by atoms with van der Waals surface area (Å²) in [4.78, 5) is 10.5. The fourth-order valence-corrected chi connectivity index (χ4v) is 1.35. The lowest BCUT2D eigenvalue weighted by Crippen LogP contribution is -2.08. The Morgan fingerprint density at radius 3 is 2.79 bits per heavy atom. The third-order valence-corrected chi connectivity index (χ3v) is 2.08. The Balaban J connectivity index is 2.79. The van der Waals surface area contributed by atoms with Gasteiger partial charge >= 0.3 is 5.97 Å². The zero-order valence-corrected chi connectivity index (χ0v) is 8.82. The molecule has 78 valence electrons. The molecule has 0 radical (unpaired) electrons. The van der Waals surface area contributed by atoms with Crippen LogP contribution in [-0.4, -0.2) is 20.9 Å². The van der Waals surface area contributed by atoms with Crippen molar-refractivity contribution < 1.29 is 9.90 Å². The molecule has 0 saturated heterocycles. The van der Waals surface area contributed by atoms with Crippen molar-refractivity contribution in [2.45, 2.75) is 33.7 Å². The van der Waals surface area contributed by atoms with E-state index in [1.165, 1.54) is 0 Å². The molecule has 1 N–H and O–H groups in total. The first-order chi connectivity index (χ1) is 6.50. The molecule has 0 unspecified atom stereocenters. The van der Waals surface area contributed by atoms with E-state index in [2.05, 4.69) is 18.9 Å². The topological polar surface area (TPSA) is 55.1 Å². The predicted octanol–water partition coefficient (Wildman–Crippen LogP) is 1.47. The largest absolute Gasteiger partial charge is 0.481 e. The van der Waals surface area contributed by atoms with E-state index in [1.807, 2.05) is 11.6 Å². The van der Waals surface area contributed by atoms with Crippen LogP contribution in [0.3, 0.4) is 0 Å². The van der Waals surface area contributed by atoms with Gasteiger partial charge in [0, 0.05) is 17.8 Å². The number of nitrogens with zero attached hydrogens (tertiary/aromatic N) is 2. The SMILES string of the molecule is Cc1c(CC(=O)O)cnn1CC(C)C. The molecule has 0 aliphatic carbocycles. The fraction of sp³-hybridized carbons (Fsp3) is 0.600. The Bertz CT molecular complexity index is 329. The van der Waals surface area contributed by atoms with Gasteiger partial charge in [-0.25, -0.2) is 0 Å². The molecule has 4 nitrogen and oxygen atoms in total. The van der Waals surface area contributed by atoms with Gasteiger partial charge in [0.1, 0.15) is 0 Å². The van der Waals surface area contributed by atoms with Crippen molar-refractivity contribution in [3.63, 3.8) is 0 Å². The summed E-state index contributed by atoms with van der Waals surface area (Å²) in [6, 6.07) is 0. The zero-order chi connectivity index (χ0) is 10.7. The van der Waals surface area contributed by atoms with E-state index < -0.39 is 5.97 Å². The van der Waals surface area contributed by atoms with E-state index in [1.54, 1.807) is 6.20 Å². The summed E-state index contributed by atoms with van der Waals surface area (Å²) in [5, 5.41) is 12.8. The average molecular weight is 196 g/mol.